The molecule has 0 amide bonds. The van der Waals surface area contributed by atoms with Crippen molar-refractivity contribution in [3.63, 3.8) is 0 Å². The summed E-state index contributed by atoms with van der Waals surface area (Å²) in [5.41, 5.74) is 1.97. The van der Waals surface area contributed by atoms with Crippen LogP contribution >= 0.6 is 0 Å². The molecule has 4 aromatic rings. The third kappa shape index (κ3) is 3.66. The van der Waals surface area contributed by atoms with Crippen LogP contribution in [0.2, 0.25) is 0 Å². The van der Waals surface area contributed by atoms with Gasteiger partial charge in [-0.15, -0.1) is 0 Å². The van der Waals surface area contributed by atoms with Crippen LogP contribution in [0.3, 0.4) is 0 Å². The minimum absolute atomic E-state index is 0.165. The molecule has 1 saturated heterocycles. The van der Waals surface area contributed by atoms with Crippen LogP contribution < -0.4 is 15.0 Å². The molecule has 9 nitrogen and oxygen atoms in total. The van der Waals surface area contributed by atoms with Gasteiger partial charge in [0.2, 0.25) is 0 Å². The average Bonchev–Trinajstić information content (AvgIpc) is 3.17. The van der Waals surface area contributed by atoms with E-state index in [4.69, 9.17) is 14.5 Å². The molecule has 0 atom stereocenters. The van der Waals surface area contributed by atoms with Crippen molar-refractivity contribution in [1.82, 2.24) is 24.9 Å². The van der Waals surface area contributed by atoms with Crippen molar-refractivity contribution in [1.29, 1.82) is 0 Å². The molecule has 4 heterocycles. The number of rotatable bonds is 5. The third-order valence-corrected chi connectivity index (χ3v) is 5.44. The number of nitrogens with zero attached hydrogens (tertiary/aromatic N) is 5. The first-order chi connectivity index (χ1) is 15.5. The summed E-state index contributed by atoms with van der Waals surface area (Å²) in [6.07, 6.45) is 3.23. The molecular weight excluding hydrogens is 413 g/mol. The quantitative estimate of drug-likeness (QED) is 0.486. The first-order valence-corrected chi connectivity index (χ1v) is 10.6. The van der Waals surface area contributed by atoms with Gasteiger partial charge in [0, 0.05) is 31.4 Å². The molecule has 1 fully saturated rings. The zero-order valence-electron chi connectivity index (χ0n) is 18.1. The van der Waals surface area contributed by atoms with Crippen molar-refractivity contribution < 1.29 is 13.9 Å². The fourth-order valence-electron chi connectivity index (χ4n) is 3.85. The Morgan fingerprint density at radius 2 is 1.91 bits per heavy atom. The monoisotopic (exact) mass is 437 g/mol. The maximum Gasteiger partial charge on any atom is 0.326 e. The summed E-state index contributed by atoms with van der Waals surface area (Å²) >= 11 is 0. The number of morpholine rings is 1. The number of aromatic amines is 1. The molecule has 0 radical (unpaired) electrons. The number of fused-ring (bicyclic) bond motifs is 3. The van der Waals surface area contributed by atoms with Crippen molar-refractivity contribution in [2.45, 2.75) is 19.8 Å². The van der Waals surface area contributed by atoms with Crippen LogP contribution in [-0.2, 0) is 4.74 Å². The van der Waals surface area contributed by atoms with Gasteiger partial charge >= 0.3 is 6.01 Å². The summed E-state index contributed by atoms with van der Waals surface area (Å²) in [5, 5.41) is 4.50. The van der Waals surface area contributed by atoms with Crippen LogP contribution in [0.15, 0.2) is 24.5 Å². The van der Waals surface area contributed by atoms with E-state index < -0.39 is 0 Å². The molecule has 1 aliphatic heterocycles. The maximum absolute atomic E-state index is 14.4. The van der Waals surface area contributed by atoms with Crippen molar-refractivity contribution in [3.05, 3.63) is 36.2 Å². The van der Waals surface area contributed by atoms with Crippen LogP contribution in [0.4, 0.5) is 15.9 Å². The number of halogens is 1. The fraction of sp³-hybridized carbons (Fsp3) is 0.364. The Balaban J connectivity index is 1.65. The van der Waals surface area contributed by atoms with Crippen LogP contribution in [0.1, 0.15) is 25.6 Å². The molecule has 0 spiro atoms. The average molecular weight is 437 g/mol. The van der Waals surface area contributed by atoms with E-state index in [0.29, 0.717) is 54.6 Å². The molecule has 32 heavy (non-hydrogen) atoms. The molecule has 166 valence electrons. The third-order valence-electron chi connectivity index (χ3n) is 5.44. The van der Waals surface area contributed by atoms with Gasteiger partial charge in [0.25, 0.3) is 0 Å². The number of benzene rings is 1. The second kappa shape index (κ2) is 8.19. The van der Waals surface area contributed by atoms with E-state index in [0.717, 1.165) is 16.7 Å². The number of H-pyrrole nitrogens is 1. The highest BCUT2D eigenvalue weighted by molar-refractivity contribution is 6.14. The van der Waals surface area contributed by atoms with E-state index in [1.807, 2.05) is 13.8 Å². The van der Waals surface area contributed by atoms with Crippen LogP contribution in [-0.4, -0.2) is 58.3 Å². The summed E-state index contributed by atoms with van der Waals surface area (Å²) in [6, 6.07) is 3.12. The molecule has 0 saturated carbocycles. The molecule has 3 aromatic heterocycles. The van der Waals surface area contributed by atoms with Crippen molar-refractivity contribution >= 4 is 33.4 Å². The highest BCUT2D eigenvalue weighted by Crippen LogP contribution is 2.37. The Morgan fingerprint density at radius 1 is 1.16 bits per heavy atom. The molecule has 5 rings (SSSR count). The minimum Gasteiger partial charge on any atom is -0.421 e. The lowest BCUT2D eigenvalue weighted by Crippen LogP contribution is -2.37. The van der Waals surface area contributed by atoms with Gasteiger partial charge in [0.05, 0.1) is 42.2 Å². The lowest BCUT2D eigenvalue weighted by Gasteiger charge is -2.28. The SMILES string of the molecule is CNc1cc(F)cc2c1[nH]c1nc(Oc3cnc(C(C)C)nc3)nc(N3CCOCC3)c12. The smallest absolute Gasteiger partial charge is 0.326 e. The summed E-state index contributed by atoms with van der Waals surface area (Å²) in [4.78, 5) is 23.4. The van der Waals surface area contributed by atoms with Crippen molar-refractivity contribution in [3.8, 4) is 11.8 Å². The molecule has 0 bridgehead atoms. The largest absolute Gasteiger partial charge is 0.421 e. The molecule has 10 heteroatoms. The molecule has 0 aliphatic carbocycles. The molecule has 0 unspecified atom stereocenters. The van der Waals surface area contributed by atoms with E-state index in [9.17, 15) is 4.39 Å². The van der Waals surface area contributed by atoms with Crippen molar-refractivity contribution in [2.75, 3.05) is 43.6 Å². The number of anilines is 2. The van der Waals surface area contributed by atoms with Gasteiger partial charge in [-0.2, -0.15) is 9.97 Å². The first-order valence-electron chi connectivity index (χ1n) is 10.6. The summed E-state index contributed by atoms with van der Waals surface area (Å²) < 4.78 is 25.8. The number of nitrogens with one attached hydrogen (secondary N) is 2. The Morgan fingerprint density at radius 3 is 2.59 bits per heavy atom. The summed E-state index contributed by atoms with van der Waals surface area (Å²) in [6.45, 7) is 6.56. The van der Waals surface area contributed by atoms with Gasteiger partial charge in [-0.05, 0) is 12.1 Å². The molecular formula is C22H24FN7O2. The highest BCUT2D eigenvalue weighted by atomic mass is 19.1. The second-order valence-corrected chi connectivity index (χ2v) is 7.94. The number of hydrogen-bond acceptors (Lipinski definition) is 8. The second-order valence-electron chi connectivity index (χ2n) is 7.94. The lowest BCUT2D eigenvalue weighted by molar-refractivity contribution is 0.122. The summed E-state index contributed by atoms with van der Waals surface area (Å²) in [7, 11) is 1.75. The van der Waals surface area contributed by atoms with E-state index in [-0.39, 0.29) is 17.7 Å². The number of ether oxygens (including phenoxy) is 2. The Bertz CT molecular complexity index is 1270. The van der Waals surface area contributed by atoms with E-state index in [1.54, 1.807) is 19.4 Å². The normalized spacial score (nSPS) is 14.5. The highest BCUT2D eigenvalue weighted by Gasteiger charge is 2.23. The van der Waals surface area contributed by atoms with Gasteiger partial charge in [-0.1, -0.05) is 13.8 Å². The molecule has 1 aliphatic rings. The van der Waals surface area contributed by atoms with E-state index >= 15 is 0 Å². The molecule has 2 N–H and O–H groups in total. The van der Waals surface area contributed by atoms with Crippen LogP contribution in [0.5, 0.6) is 11.8 Å². The predicted molar refractivity (Wildman–Crippen MR) is 120 cm³/mol. The van der Waals surface area contributed by atoms with Gasteiger partial charge in [0.1, 0.15) is 23.1 Å². The van der Waals surface area contributed by atoms with Gasteiger partial charge in [0.15, 0.2) is 5.75 Å². The minimum atomic E-state index is -0.335. The number of aromatic nitrogens is 5. The van der Waals surface area contributed by atoms with Crippen LogP contribution in [0, 0.1) is 5.82 Å². The zero-order valence-corrected chi connectivity index (χ0v) is 18.1. The van der Waals surface area contributed by atoms with Crippen LogP contribution in [0.25, 0.3) is 21.9 Å². The summed E-state index contributed by atoms with van der Waals surface area (Å²) in [5.74, 6) is 1.74. The standard InChI is InChI=1S/C22H24FN7O2/c1-12(2)19-25-10-14(11-26-19)32-22-28-20-17(21(29-22)30-4-6-31-7-5-30)15-8-13(23)9-16(24-3)18(15)27-20/h8-12,24H,4-7H2,1-3H3,(H,27,28,29). The Kier molecular flexibility index (Phi) is 5.22. The van der Waals surface area contributed by atoms with Crippen molar-refractivity contribution in [2.24, 2.45) is 0 Å². The predicted octanol–water partition coefficient (Wildman–Crippen LogP) is 3.83. The van der Waals surface area contributed by atoms with Gasteiger partial charge < -0.3 is 24.7 Å². The Labute approximate surface area is 184 Å². The maximum atomic E-state index is 14.4. The van der Waals surface area contributed by atoms with Gasteiger partial charge in [-0.25, -0.2) is 14.4 Å². The number of hydrogen-bond donors (Lipinski definition) is 2. The van der Waals surface area contributed by atoms with Gasteiger partial charge in [-0.3, -0.25) is 0 Å². The zero-order chi connectivity index (χ0) is 22.2. The Hall–Kier alpha value is -3.53. The topological polar surface area (TPSA) is 101 Å². The fourth-order valence-corrected chi connectivity index (χ4v) is 3.85. The molecule has 1 aromatic carbocycles. The van der Waals surface area contributed by atoms with E-state index in [1.165, 1.54) is 12.1 Å². The first kappa shape index (κ1) is 20.4. The lowest BCUT2D eigenvalue weighted by atomic mass is 10.1. The van der Waals surface area contributed by atoms with E-state index in [2.05, 4.69) is 30.2 Å².